The van der Waals surface area contributed by atoms with E-state index in [0.29, 0.717) is 16.0 Å². The van der Waals surface area contributed by atoms with Crippen LogP contribution in [0.3, 0.4) is 0 Å². The molecule has 1 aromatic rings. The van der Waals surface area contributed by atoms with Crippen molar-refractivity contribution in [1.29, 1.82) is 0 Å². The first kappa shape index (κ1) is 18.8. The molecule has 1 aromatic carbocycles. The maximum absolute atomic E-state index is 12.5. The Morgan fingerprint density at radius 3 is 1.94 bits per heavy atom. The average Bonchev–Trinajstić information content (AvgIpc) is 2.17. The second kappa shape index (κ2) is 6.99. The molecule has 0 aliphatic carbocycles. The zero-order chi connectivity index (χ0) is 12.7. The van der Waals surface area contributed by atoms with Crippen molar-refractivity contribution in [2.45, 2.75) is 32.0 Å². The second-order valence-corrected chi connectivity index (χ2v) is 5.46. The summed E-state index contributed by atoms with van der Waals surface area (Å²) in [5.41, 5.74) is 2.72. The van der Waals surface area contributed by atoms with E-state index in [1.54, 1.807) is 13.8 Å². The molecular formula is C10H12BF3IKS. The van der Waals surface area contributed by atoms with E-state index in [2.05, 4.69) is 35.2 Å². The Bertz CT molecular complexity index is 406. The normalized spacial score (nSPS) is 11.3. The first-order valence-electron chi connectivity index (χ1n) is 4.83. The van der Waals surface area contributed by atoms with Crippen LogP contribution in [0.4, 0.5) is 12.9 Å². The van der Waals surface area contributed by atoms with E-state index in [1.807, 2.05) is 6.92 Å². The van der Waals surface area contributed by atoms with Crippen molar-refractivity contribution in [3.8, 4) is 0 Å². The van der Waals surface area contributed by atoms with Crippen molar-refractivity contribution in [3.63, 3.8) is 0 Å². The predicted octanol–water partition coefficient (Wildman–Crippen LogP) is 1.44. The molecule has 0 spiro atoms. The first-order valence-corrected chi connectivity index (χ1v) is 6.36. The molecule has 0 aliphatic heterocycles. The van der Waals surface area contributed by atoms with E-state index in [9.17, 15) is 12.9 Å². The zero-order valence-electron chi connectivity index (χ0n) is 10.2. The summed E-state index contributed by atoms with van der Waals surface area (Å²) in [6.45, 7) is 0.530. The standard InChI is InChI=1S/C10H12BF3IS.K/c1-5-8(4-11(12,13)14)6(2)10(16)7(3)9(5)15;/h16H,4H2,1-3H3;/q-1;+1. The monoisotopic (exact) mass is 398 g/mol. The molecule has 0 nitrogen and oxygen atoms in total. The molecule has 17 heavy (non-hydrogen) atoms. The Balaban J connectivity index is 0.00000256. The van der Waals surface area contributed by atoms with Gasteiger partial charge in [0.05, 0.1) is 0 Å². The number of rotatable bonds is 2. The van der Waals surface area contributed by atoms with Gasteiger partial charge >= 0.3 is 58.4 Å². The van der Waals surface area contributed by atoms with Crippen LogP contribution in [0.1, 0.15) is 22.3 Å². The van der Waals surface area contributed by atoms with Crippen LogP contribution in [0.2, 0.25) is 0 Å². The van der Waals surface area contributed by atoms with E-state index in [4.69, 9.17) is 0 Å². The molecule has 0 amide bonds. The van der Waals surface area contributed by atoms with E-state index in [1.165, 1.54) is 0 Å². The smallest absolute Gasteiger partial charge is 0.449 e. The molecule has 0 heterocycles. The number of hydrogen-bond acceptors (Lipinski definition) is 1. The number of hydrogen-bond donors (Lipinski definition) is 1. The number of thiol groups is 1. The molecule has 0 fully saturated rings. The fourth-order valence-corrected chi connectivity index (χ4v) is 2.82. The van der Waals surface area contributed by atoms with E-state index < -0.39 is 13.3 Å². The van der Waals surface area contributed by atoms with E-state index in [-0.39, 0.29) is 51.4 Å². The van der Waals surface area contributed by atoms with Gasteiger partial charge in [0.1, 0.15) is 0 Å². The third-order valence-electron chi connectivity index (χ3n) is 2.71. The van der Waals surface area contributed by atoms with Crippen LogP contribution in [0.25, 0.3) is 0 Å². The summed E-state index contributed by atoms with van der Waals surface area (Å²) in [7, 11) is 0. The van der Waals surface area contributed by atoms with E-state index >= 15 is 0 Å². The van der Waals surface area contributed by atoms with Crippen LogP contribution in [0, 0.1) is 24.3 Å². The molecule has 90 valence electrons. The van der Waals surface area contributed by atoms with Gasteiger partial charge in [-0.2, -0.15) is 0 Å². The minimum Gasteiger partial charge on any atom is -0.449 e. The molecule has 0 bridgehead atoms. The Labute approximate surface area is 162 Å². The fourth-order valence-electron chi connectivity index (χ4n) is 1.76. The van der Waals surface area contributed by atoms with Crippen molar-refractivity contribution in [2.24, 2.45) is 0 Å². The van der Waals surface area contributed by atoms with Gasteiger partial charge < -0.3 is 12.9 Å². The maximum atomic E-state index is 12.5. The molecule has 0 unspecified atom stereocenters. The summed E-state index contributed by atoms with van der Waals surface area (Å²) in [6, 6.07) is 0. The van der Waals surface area contributed by atoms with Crippen molar-refractivity contribution in [1.82, 2.24) is 0 Å². The van der Waals surface area contributed by atoms with Crippen LogP contribution in [-0.4, -0.2) is 6.98 Å². The molecule has 0 N–H and O–H groups in total. The third kappa shape index (κ3) is 4.68. The van der Waals surface area contributed by atoms with Gasteiger partial charge in [-0.1, -0.05) is 11.9 Å². The molecule has 0 saturated heterocycles. The van der Waals surface area contributed by atoms with Crippen LogP contribution >= 0.6 is 35.2 Å². The van der Waals surface area contributed by atoms with E-state index in [0.717, 1.165) is 14.7 Å². The minimum absolute atomic E-state index is 0. The Hall–Kier alpha value is 1.79. The summed E-state index contributed by atoms with van der Waals surface area (Å²) in [4.78, 5) is 0.671. The maximum Gasteiger partial charge on any atom is 1.00 e. The van der Waals surface area contributed by atoms with Crippen LogP contribution in [0.15, 0.2) is 4.90 Å². The van der Waals surface area contributed by atoms with Gasteiger partial charge in [-0.15, -0.1) is 12.6 Å². The van der Waals surface area contributed by atoms with Gasteiger partial charge in [0.2, 0.25) is 0 Å². The molecule has 0 saturated carbocycles. The Morgan fingerprint density at radius 2 is 1.53 bits per heavy atom. The predicted molar refractivity (Wildman–Crippen MR) is 73.4 cm³/mol. The fraction of sp³-hybridized carbons (Fsp3) is 0.400. The summed E-state index contributed by atoms with van der Waals surface area (Å²) in [5, 5.41) is 0. The van der Waals surface area contributed by atoms with Crippen molar-refractivity contribution in [2.75, 3.05) is 0 Å². The van der Waals surface area contributed by atoms with Crippen LogP contribution < -0.4 is 51.4 Å². The van der Waals surface area contributed by atoms with Crippen molar-refractivity contribution >= 4 is 42.2 Å². The molecular weight excluding hydrogens is 386 g/mol. The zero-order valence-corrected chi connectivity index (χ0v) is 16.4. The van der Waals surface area contributed by atoms with Crippen molar-refractivity contribution in [3.05, 3.63) is 25.8 Å². The minimum atomic E-state index is -4.80. The quantitative estimate of drug-likeness (QED) is 0.435. The molecule has 0 aromatic heterocycles. The first-order chi connectivity index (χ1) is 7.15. The molecule has 7 heteroatoms. The van der Waals surface area contributed by atoms with Gasteiger partial charge in [0.25, 0.3) is 0 Å². The second-order valence-electron chi connectivity index (χ2n) is 3.93. The summed E-state index contributed by atoms with van der Waals surface area (Å²) in [5.74, 6) is 0. The molecule has 0 radical (unpaired) electrons. The summed E-state index contributed by atoms with van der Waals surface area (Å²) in [6.07, 6.45) is -0.818. The Kier molecular flexibility index (Phi) is 7.72. The number of halogens is 4. The summed E-state index contributed by atoms with van der Waals surface area (Å²) < 4.78 is 38.4. The largest absolute Gasteiger partial charge is 1.00 e. The van der Waals surface area contributed by atoms with Crippen molar-refractivity contribution < 1.29 is 64.3 Å². The topological polar surface area (TPSA) is 0 Å². The number of benzene rings is 1. The third-order valence-corrected chi connectivity index (χ3v) is 5.00. The SMILES string of the molecule is Cc1c(S)c(C)c(C[B-](F)(F)F)c(C)c1I.[K+]. The summed E-state index contributed by atoms with van der Waals surface area (Å²) >= 11 is 6.36. The van der Waals surface area contributed by atoms with Gasteiger partial charge in [-0.05, 0) is 60.1 Å². The average molecular weight is 398 g/mol. The van der Waals surface area contributed by atoms with Gasteiger partial charge in [-0.3, -0.25) is 0 Å². The van der Waals surface area contributed by atoms with Crippen LogP contribution in [0.5, 0.6) is 0 Å². The molecule has 1 rings (SSSR count). The van der Waals surface area contributed by atoms with Gasteiger partial charge in [-0.25, -0.2) is 0 Å². The van der Waals surface area contributed by atoms with Gasteiger partial charge in [0.15, 0.2) is 0 Å². The molecule has 0 aliphatic rings. The van der Waals surface area contributed by atoms with Gasteiger partial charge in [0, 0.05) is 8.47 Å². The Morgan fingerprint density at radius 1 is 1.06 bits per heavy atom. The van der Waals surface area contributed by atoms with Crippen LogP contribution in [-0.2, 0) is 6.32 Å². The molecule has 0 atom stereocenters.